The van der Waals surface area contributed by atoms with Crippen LogP contribution < -0.4 is 5.32 Å². The summed E-state index contributed by atoms with van der Waals surface area (Å²) in [7, 11) is 0. The second kappa shape index (κ2) is 7.35. The number of benzene rings is 2. The van der Waals surface area contributed by atoms with Crippen molar-refractivity contribution in [1.29, 1.82) is 0 Å². The Bertz CT molecular complexity index is 1190. The van der Waals surface area contributed by atoms with Crippen LogP contribution in [-0.2, 0) is 6.18 Å². The van der Waals surface area contributed by atoms with Crippen LogP contribution in [0.1, 0.15) is 15.9 Å². The second-order valence-corrected chi connectivity index (χ2v) is 6.34. The maximum absolute atomic E-state index is 13.0. The van der Waals surface area contributed by atoms with Crippen molar-refractivity contribution in [3.05, 3.63) is 90.3 Å². The Morgan fingerprint density at radius 2 is 1.66 bits per heavy atom. The van der Waals surface area contributed by atoms with Crippen LogP contribution in [0.25, 0.3) is 22.2 Å². The van der Waals surface area contributed by atoms with Gasteiger partial charge in [-0.2, -0.15) is 13.2 Å². The maximum atomic E-state index is 13.0. The van der Waals surface area contributed by atoms with Gasteiger partial charge in [0.2, 0.25) is 0 Å². The summed E-state index contributed by atoms with van der Waals surface area (Å²) in [6.07, 6.45) is -1.33. The number of nitrogens with zero attached hydrogens (tertiary/aromatic N) is 2. The molecule has 29 heavy (non-hydrogen) atoms. The Balaban J connectivity index is 1.76. The Morgan fingerprint density at radius 1 is 0.897 bits per heavy atom. The van der Waals surface area contributed by atoms with E-state index in [1.165, 1.54) is 6.07 Å². The lowest BCUT2D eigenvalue weighted by Gasteiger charge is -2.11. The summed E-state index contributed by atoms with van der Waals surface area (Å²) in [6.45, 7) is 0. The highest BCUT2D eigenvalue weighted by Crippen LogP contribution is 2.32. The number of nitrogens with one attached hydrogen (secondary N) is 1. The number of rotatable bonds is 3. The Kier molecular flexibility index (Phi) is 4.72. The molecule has 0 aliphatic rings. The summed E-state index contributed by atoms with van der Waals surface area (Å²) >= 11 is 0. The fraction of sp³-hybridized carbons (Fsp3) is 0.0455. The van der Waals surface area contributed by atoms with Gasteiger partial charge in [-0.1, -0.05) is 30.3 Å². The molecule has 0 unspecified atom stereocenters. The van der Waals surface area contributed by atoms with Crippen LogP contribution in [-0.4, -0.2) is 15.9 Å². The molecule has 0 saturated heterocycles. The van der Waals surface area contributed by atoms with Gasteiger partial charge in [0.25, 0.3) is 5.91 Å². The molecule has 2 aromatic carbocycles. The van der Waals surface area contributed by atoms with Crippen molar-refractivity contribution < 1.29 is 18.0 Å². The summed E-state index contributed by atoms with van der Waals surface area (Å²) in [5.41, 5.74) is 1.25. The molecular formula is C22H14F3N3O. The normalized spacial score (nSPS) is 11.4. The molecule has 1 amide bonds. The van der Waals surface area contributed by atoms with Crippen LogP contribution in [0.3, 0.4) is 0 Å². The van der Waals surface area contributed by atoms with Crippen molar-refractivity contribution in [2.45, 2.75) is 6.18 Å². The SMILES string of the molecule is O=C(Nc1ccncc1)c1cccc2ccc(-c3cccc(C(F)(F)F)c3)nc12. The highest BCUT2D eigenvalue weighted by atomic mass is 19.4. The van der Waals surface area contributed by atoms with Crippen molar-refractivity contribution in [3.8, 4) is 11.3 Å². The van der Waals surface area contributed by atoms with Gasteiger partial charge in [0.05, 0.1) is 22.3 Å². The van der Waals surface area contributed by atoms with E-state index in [1.807, 2.05) is 0 Å². The molecule has 0 atom stereocenters. The molecule has 4 aromatic rings. The van der Waals surface area contributed by atoms with E-state index in [1.54, 1.807) is 60.9 Å². The van der Waals surface area contributed by atoms with E-state index < -0.39 is 11.7 Å². The van der Waals surface area contributed by atoms with Gasteiger partial charge < -0.3 is 5.32 Å². The van der Waals surface area contributed by atoms with E-state index in [0.717, 1.165) is 12.1 Å². The lowest BCUT2D eigenvalue weighted by Crippen LogP contribution is -2.13. The largest absolute Gasteiger partial charge is 0.416 e. The molecule has 2 aromatic heterocycles. The van der Waals surface area contributed by atoms with Crippen LogP contribution in [0.4, 0.5) is 18.9 Å². The van der Waals surface area contributed by atoms with Crippen LogP contribution in [0, 0.1) is 0 Å². The van der Waals surface area contributed by atoms with E-state index in [4.69, 9.17) is 0 Å². The zero-order valence-electron chi connectivity index (χ0n) is 14.9. The first-order valence-corrected chi connectivity index (χ1v) is 8.70. The molecule has 144 valence electrons. The summed E-state index contributed by atoms with van der Waals surface area (Å²) in [4.78, 5) is 21.1. The minimum atomic E-state index is -4.44. The average Bonchev–Trinajstić information content (AvgIpc) is 2.73. The van der Waals surface area contributed by atoms with Crippen LogP contribution in [0.2, 0.25) is 0 Å². The number of alkyl halides is 3. The van der Waals surface area contributed by atoms with Gasteiger partial charge >= 0.3 is 6.18 Å². The number of carbonyl (C=O) groups is 1. The minimum Gasteiger partial charge on any atom is -0.322 e. The number of anilines is 1. The van der Waals surface area contributed by atoms with Crippen molar-refractivity contribution in [3.63, 3.8) is 0 Å². The van der Waals surface area contributed by atoms with Gasteiger partial charge in [0.1, 0.15) is 0 Å². The fourth-order valence-electron chi connectivity index (χ4n) is 2.98. The summed E-state index contributed by atoms with van der Waals surface area (Å²) in [5.74, 6) is -0.365. The van der Waals surface area contributed by atoms with Gasteiger partial charge in [-0.3, -0.25) is 9.78 Å². The van der Waals surface area contributed by atoms with Gasteiger partial charge in [-0.05, 0) is 36.4 Å². The topological polar surface area (TPSA) is 54.9 Å². The van der Waals surface area contributed by atoms with E-state index in [-0.39, 0.29) is 5.91 Å². The summed E-state index contributed by atoms with van der Waals surface area (Å²) in [5, 5.41) is 3.48. The standard InChI is InChI=1S/C22H14F3N3O/c23-22(24,25)16-5-1-4-15(13-16)19-8-7-14-3-2-6-18(20(14)28-19)21(29)27-17-9-11-26-12-10-17/h1-13H,(H,26,27,29). The van der Waals surface area contributed by atoms with E-state index in [0.29, 0.717) is 33.4 Å². The minimum absolute atomic E-state index is 0.325. The smallest absolute Gasteiger partial charge is 0.322 e. The van der Waals surface area contributed by atoms with E-state index >= 15 is 0 Å². The predicted molar refractivity (Wildman–Crippen MR) is 104 cm³/mol. The molecule has 0 radical (unpaired) electrons. The van der Waals surface area contributed by atoms with Crippen molar-refractivity contribution in [2.24, 2.45) is 0 Å². The first-order chi connectivity index (χ1) is 13.9. The van der Waals surface area contributed by atoms with Gasteiger partial charge in [0.15, 0.2) is 0 Å². The molecule has 4 rings (SSSR count). The number of amides is 1. The highest BCUT2D eigenvalue weighted by Gasteiger charge is 2.30. The van der Waals surface area contributed by atoms with Gasteiger partial charge in [-0.25, -0.2) is 4.98 Å². The third-order valence-electron chi connectivity index (χ3n) is 4.39. The molecule has 0 aliphatic carbocycles. The molecule has 1 N–H and O–H groups in total. The fourth-order valence-corrected chi connectivity index (χ4v) is 2.98. The number of halogens is 3. The van der Waals surface area contributed by atoms with Crippen LogP contribution in [0.15, 0.2) is 79.1 Å². The number of hydrogen-bond donors (Lipinski definition) is 1. The number of aromatic nitrogens is 2. The summed E-state index contributed by atoms with van der Waals surface area (Å²) in [6, 6.07) is 16.8. The van der Waals surface area contributed by atoms with E-state index in [9.17, 15) is 18.0 Å². The highest BCUT2D eigenvalue weighted by molar-refractivity contribution is 6.12. The predicted octanol–water partition coefficient (Wildman–Crippen LogP) is 5.57. The first kappa shape index (κ1) is 18.6. The lowest BCUT2D eigenvalue weighted by molar-refractivity contribution is -0.137. The van der Waals surface area contributed by atoms with Crippen molar-refractivity contribution in [2.75, 3.05) is 5.32 Å². The Labute approximate surface area is 164 Å². The monoisotopic (exact) mass is 393 g/mol. The third-order valence-corrected chi connectivity index (χ3v) is 4.39. The van der Waals surface area contributed by atoms with Crippen LogP contribution in [0.5, 0.6) is 0 Å². The number of hydrogen-bond acceptors (Lipinski definition) is 3. The van der Waals surface area contributed by atoms with Crippen LogP contribution >= 0.6 is 0 Å². The molecule has 0 saturated carbocycles. The van der Waals surface area contributed by atoms with Gasteiger partial charge in [0, 0.05) is 29.0 Å². The molecule has 0 spiro atoms. The molecule has 4 nitrogen and oxygen atoms in total. The third kappa shape index (κ3) is 3.94. The van der Waals surface area contributed by atoms with Crippen molar-refractivity contribution in [1.82, 2.24) is 9.97 Å². The zero-order chi connectivity index (χ0) is 20.4. The number of pyridine rings is 2. The molecular weight excluding hydrogens is 379 g/mol. The molecule has 0 aliphatic heterocycles. The Hall–Kier alpha value is -3.74. The quantitative estimate of drug-likeness (QED) is 0.495. The maximum Gasteiger partial charge on any atom is 0.416 e. The molecule has 7 heteroatoms. The first-order valence-electron chi connectivity index (χ1n) is 8.70. The van der Waals surface area contributed by atoms with Gasteiger partial charge in [-0.15, -0.1) is 0 Å². The average molecular weight is 393 g/mol. The number of para-hydroxylation sites is 1. The number of carbonyl (C=O) groups excluding carboxylic acids is 1. The second-order valence-electron chi connectivity index (χ2n) is 6.34. The van der Waals surface area contributed by atoms with E-state index in [2.05, 4.69) is 15.3 Å². The zero-order valence-corrected chi connectivity index (χ0v) is 14.9. The molecule has 2 heterocycles. The Morgan fingerprint density at radius 3 is 2.41 bits per heavy atom. The summed E-state index contributed by atoms with van der Waals surface area (Å²) < 4.78 is 39.1. The number of fused-ring (bicyclic) bond motifs is 1. The lowest BCUT2D eigenvalue weighted by atomic mass is 10.0. The molecule has 0 fully saturated rings. The molecule has 0 bridgehead atoms. The van der Waals surface area contributed by atoms with Crippen molar-refractivity contribution >= 4 is 22.5 Å².